The minimum atomic E-state index is -1.11. The Morgan fingerprint density at radius 1 is 0.590 bits per heavy atom. The van der Waals surface area contributed by atoms with Gasteiger partial charge in [-0.1, -0.05) is 58.5 Å². The third kappa shape index (κ3) is 13.3. The molecule has 0 heterocycles. The molecule has 6 rings (SSSR count). The average molecular weight is 919 g/mol. The lowest BCUT2D eigenvalue weighted by Gasteiger charge is -2.14. The van der Waals surface area contributed by atoms with E-state index in [0.717, 1.165) is 0 Å². The van der Waals surface area contributed by atoms with Crippen molar-refractivity contribution < 1.29 is 46.8 Å². The number of anilines is 2. The van der Waals surface area contributed by atoms with E-state index >= 15 is 0 Å². The molecule has 0 aliphatic rings. The summed E-state index contributed by atoms with van der Waals surface area (Å²) < 4.78 is 37.0. The number of nitrogens with two attached hydrogens (primary N) is 3. The van der Waals surface area contributed by atoms with Crippen LogP contribution in [0.4, 0.5) is 20.2 Å². The number of hydrogen-bond donors (Lipinski definition) is 5. The summed E-state index contributed by atoms with van der Waals surface area (Å²) in [6.45, 7) is 0. The van der Waals surface area contributed by atoms with Crippen LogP contribution in [-0.4, -0.2) is 43.0 Å². The van der Waals surface area contributed by atoms with Gasteiger partial charge in [-0.3, -0.25) is 14.4 Å². The largest absolute Gasteiger partial charge is 0.496 e. The molecule has 0 saturated carbocycles. The predicted octanol–water partition coefficient (Wildman–Crippen LogP) is 10.6. The Morgan fingerprint density at radius 2 is 0.984 bits per heavy atom. The highest BCUT2D eigenvalue weighted by Gasteiger charge is 2.18. The molecule has 6 aromatic carbocycles. The molecule has 8 N–H and O–H groups in total. The second-order valence-corrected chi connectivity index (χ2v) is 14.4. The Hall–Kier alpha value is -6.38. The fourth-order valence-corrected chi connectivity index (χ4v) is 6.28. The fraction of sp³-hybridized carbons (Fsp3) is 0.0909. The first kappa shape index (κ1) is 47.3. The highest BCUT2D eigenvalue weighted by atomic mass is 35.5. The second-order valence-electron chi connectivity index (χ2n) is 12.8. The SMILES string of the molecule is COc1cc(F)ccc1Cc1cc(Cl)c(Cl)cc1C(=O)Nc1ccc(C(N)=O)cc1.COc1cc(F)ccc1Cc1cc(Cl)c(Cl)cc1C(=O)O.NC(=O)c1ccc(N)cc1.[HH].[HH].[HH]. The first-order chi connectivity index (χ1) is 28.9. The molecule has 0 spiro atoms. The van der Waals surface area contributed by atoms with Gasteiger partial charge in [-0.05, 0) is 107 Å². The normalized spacial score (nSPS) is 10.3. The van der Waals surface area contributed by atoms with Crippen molar-refractivity contribution in [3.8, 4) is 11.5 Å². The highest BCUT2D eigenvalue weighted by molar-refractivity contribution is 6.42. The van der Waals surface area contributed by atoms with Crippen molar-refractivity contribution in [1.82, 2.24) is 0 Å². The monoisotopic (exact) mass is 916 g/mol. The van der Waals surface area contributed by atoms with Crippen LogP contribution in [0.15, 0.2) is 109 Å². The van der Waals surface area contributed by atoms with Gasteiger partial charge in [0.25, 0.3) is 5.91 Å². The van der Waals surface area contributed by atoms with Crippen LogP contribution < -0.4 is 32.0 Å². The van der Waals surface area contributed by atoms with Crippen molar-refractivity contribution >= 4 is 81.5 Å². The van der Waals surface area contributed by atoms with Crippen molar-refractivity contribution in [1.29, 1.82) is 0 Å². The number of carboxylic acid groups (broad SMARTS) is 1. The summed E-state index contributed by atoms with van der Waals surface area (Å²) in [7, 11) is 2.86. The number of carboxylic acids is 1. The third-order valence-electron chi connectivity index (χ3n) is 8.65. The predicted molar refractivity (Wildman–Crippen MR) is 240 cm³/mol. The number of nitrogen functional groups attached to an aromatic ring is 1. The minimum absolute atomic E-state index is 0. The molecule has 0 fully saturated rings. The van der Waals surface area contributed by atoms with E-state index in [-0.39, 0.29) is 42.8 Å². The summed E-state index contributed by atoms with van der Waals surface area (Å²) >= 11 is 24.1. The van der Waals surface area contributed by atoms with Crippen LogP contribution in [0.25, 0.3) is 0 Å². The molecule has 0 atom stereocenters. The van der Waals surface area contributed by atoms with Gasteiger partial charge in [0.2, 0.25) is 11.8 Å². The van der Waals surface area contributed by atoms with E-state index in [1.807, 2.05) is 0 Å². The first-order valence-corrected chi connectivity index (χ1v) is 19.1. The van der Waals surface area contributed by atoms with Crippen LogP contribution in [0.2, 0.25) is 20.1 Å². The van der Waals surface area contributed by atoms with Crippen LogP contribution in [0.3, 0.4) is 0 Å². The van der Waals surface area contributed by atoms with Crippen LogP contribution in [0.1, 0.15) is 68.0 Å². The number of ether oxygens (including phenoxy) is 2. The molecular formula is C44H42Cl4F2N4O7. The summed E-state index contributed by atoms with van der Waals surface area (Å²) in [5.74, 6) is -2.67. The number of carbonyl (C=O) groups is 4. The summed E-state index contributed by atoms with van der Waals surface area (Å²) in [6.07, 6.45) is 0.506. The van der Waals surface area contributed by atoms with Crippen molar-refractivity contribution in [2.75, 3.05) is 25.3 Å². The number of methoxy groups -OCH3 is 2. The Kier molecular flexibility index (Phi) is 16.9. The van der Waals surface area contributed by atoms with Crippen molar-refractivity contribution in [2.45, 2.75) is 12.8 Å². The second kappa shape index (κ2) is 21.7. The lowest BCUT2D eigenvalue weighted by Crippen LogP contribution is -2.15. The molecule has 61 heavy (non-hydrogen) atoms. The van der Waals surface area contributed by atoms with E-state index in [1.54, 1.807) is 54.6 Å². The van der Waals surface area contributed by atoms with Crippen molar-refractivity contribution in [2.24, 2.45) is 11.5 Å². The number of halogens is 6. The van der Waals surface area contributed by atoms with Gasteiger partial charge in [0, 0.05) is 57.3 Å². The van der Waals surface area contributed by atoms with Gasteiger partial charge >= 0.3 is 5.97 Å². The Balaban J connectivity index is 0.000000524. The maximum atomic E-state index is 13.5. The van der Waals surface area contributed by atoms with Gasteiger partial charge in [-0.2, -0.15) is 0 Å². The van der Waals surface area contributed by atoms with Crippen LogP contribution in [0, 0.1) is 11.6 Å². The van der Waals surface area contributed by atoms with Gasteiger partial charge < -0.3 is 37.1 Å². The molecular weight excluding hydrogens is 876 g/mol. The molecule has 3 amide bonds. The third-order valence-corrected chi connectivity index (χ3v) is 10.1. The number of benzene rings is 6. The molecule has 0 unspecified atom stereocenters. The summed E-state index contributed by atoms with van der Waals surface area (Å²) in [6, 6.07) is 26.7. The lowest BCUT2D eigenvalue weighted by atomic mass is 9.98. The summed E-state index contributed by atoms with van der Waals surface area (Å²) in [5, 5.41) is 12.9. The van der Waals surface area contributed by atoms with Gasteiger partial charge in [-0.25, -0.2) is 13.6 Å². The maximum absolute atomic E-state index is 13.5. The number of amides is 3. The molecule has 322 valence electrons. The zero-order valence-corrected chi connectivity index (χ0v) is 35.2. The van der Waals surface area contributed by atoms with E-state index in [0.29, 0.717) is 61.8 Å². The number of carbonyl (C=O) groups excluding carboxylic acids is 3. The first-order valence-electron chi connectivity index (χ1n) is 17.6. The van der Waals surface area contributed by atoms with E-state index in [4.69, 9.17) is 73.1 Å². The minimum Gasteiger partial charge on any atom is -0.496 e. The molecule has 0 radical (unpaired) electrons. The smallest absolute Gasteiger partial charge is 0.336 e. The summed E-state index contributed by atoms with van der Waals surface area (Å²) in [5.41, 5.74) is 20.2. The number of hydrogen-bond acceptors (Lipinski definition) is 7. The zero-order chi connectivity index (χ0) is 45.0. The van der Waals surface area contributed by atoms with E-state index in [9.17, 15) is 33.1 Å². The van der Waals surface area contributed by atoms with Crippen molar-refractivity contribution in [3.63, 3.8) is 0 Å². The van der Waals surface area contributed by atoms with Crippen LogP contribution in [0.5, 0.6) is 11.5 Å². The average Bonchev–Trinajstić information content (AvgIpc) is 3.22. The quantitative estimate of drug-likeness (QED) is 0.0791. The zero-order valence-electron chi connectivity index (χ0n) is 32.2. The number of primary amides is 2. The van der Waals surface area contributed by atoms with Gasteiger partial charge in [-0.15, -0.1) is 0 Å². The maximum Gasteiger partial charge on any atom is 0.336 e. The van der Waals surface area contributed by atoms with E-state index in [2.05, 4.69) is 5.32 Å². The number of rotatable bonds is 11. The van der Waals surface area contributed by atoms with E-state index in [1.165, 1.54) is 68.8 Å². The summed E-state index contributed by atoms with van der Waals surface area (Å²) in [4.78, 5) is 45.9. The Morgan fingerprint density at radius 3 is 1.39 bits per heavy atom. The topological polar surface area (TPSA) is 197 Å². The fourth-order valence-electron chi connectivity index (χ4n) is 5.58. The molecule has 17 heteroatoms. The van der Waals surface area contributed by atoms with Crippen LogP contribution in [-0.2, 0) is 12.8 Å². The molecule has 6 aromatic rings. The Bertz CT molecular complexity index is 2600. The van der Waals surface area contributed by atoms with Gasteiger partial charge in [0.15, 0.2) is 0 Å². The standard InChI is InChI=1S/C22H17Cl2FN2O3.C15H11Cl2FO3.C7H8N2O.3H2/c1-30-20-10-15(25)5-2-13(20)8-14-9-18(23)19(24)11-17(14)22(29)27-16-6-3-12(4-7-16)21(26)28;1-21-14-6-10(18)3-2-8(14)4-9-5-12(16)13(17)7-11(9)15(19)20;8-6-3-1-5(2-4-6)7(9)10;;;/h2-7,9-11H,8H2,1H3,(H2,26,28)(H,27,29);2-3,5-7H,4H2,1H3,(H,19,20);1-4H,8H2,(H2,9,10);3*1H. The molecule has 0 saturated heterocycles. The number of aromatic carboxylic acids is 1. The highest BCUT2D eigenvalue weighted by Crippen LogP contribution is 2.32. The molecule has 11 nitrogen and oxygen atoms in total. The van der Waals surface area contributed by atoms with Crippen LogP contribution >= 0.6 is 46.4 Å². The van der Waals surface area contributed by atoms with E-state index < -0.39 is 35.3 Å². The Labute approximate surface area is 373 Å². The number of nitrogens with one attached hydrogen (secondary N) is 1. The van der Waals surface area contributed by atoms with Gasteiger partial charge in [0.05, 0.1) is 39.9 Å². The van der Waals surface area contributed by atoms with Gasteiger partial charge in [0.1, 0.15) is 23.1 Å². The molecule has 0 aliphatic carbocycles. The van der Waals surface area contributed by atoms with Crippen molar-refractivity contribution in [3.05, 3.63) is 185 Å². The lowest BCUT2D eigenvalue weighted by molar-refractivity contribution is 0.0695. The molecule has 0 bridgehead atoms. The molecule has 0 aromatic heterocycles. The molecule has 0 aliphatic heterocycles.